The highest BCUT2D eigenvalue weighted by Crippen LogP contribution is 2.56. The molecule has 7 heteroatoms. The Morgan fingerprint density at radius 2 is 0.857 bits per heavy atom. The fourth-order valence-corrected chi connectivity index (χ4v) is 11.0. The Bertz CT molecular complexity index is 2810. The van der Waals surface area contributed by atoms with Crippen molar-refractivity contribution in [3.8, 4) is 0 Å². The standard InChI is InChI=1S/C49H41B2N5/c1-26-16-28(3)42(29(4)17-26)50-44-31(6)22-53-24-40(44)55-39-21-34-13-9-11-15-36(34)47-49(39)56(38-20-33-12-8-10-14-35(33)46(50)48(38)55)41-25-54-23-32(7)45(41)51(47)43-30(5)18-27(2)19-37(43)52/h8-25H,52H2,1-7H3. The van der Waals surface area contributed by atoms with E-state index in [0.29, 0.717) is 0 Å². The number of aryl methyl sites for hydroxylation is 7. The molecule has 2 N–H and O–H groups in total. The van der Waals surface area contributed by atoms with Gasteiger partial charge in [-0.15, -0.1) is 0 Å². The Morgan fingerprint density at radius 1 is 0.429 bits per heavy atom. The van der Waals surface area contributed by atoms with Gasteiger partial charge in [0.2, 0.25) is 6.71 Å². The lowest BCUT2D eigenvalue weighted by atomic mass is 9.32. The molecule has 3 aliphatic heterocycles. The molecule has 0 bridgehead atoms. The zero-order chi connectivity index (χ0) is 38.3. The summed E-state index contributed by atoms with van der Waals surface area (Å²) in [6, 6.07) is 31.8. The van der Waals surface area contributed by atoms with E-state index in [0.717, 1.165) is 39.5 Å². The van der Waals surface area contributed by atoms with E-state index in [4.69, 9.17) is 15.7 Å². The third kappa shape index (κ3) is 4.28. The molecular formula is C49H41B2N5. The summed E-state index contributed by atoms with van der Waals surface area (Å²) in [5, 5.41) is 4.92. The average molecular weight is 722 g/mol. The third-order valence-corrected chi connectivity index (χ3v) is 12.9. The highest BCUT2D eigenvalue weighted by molar-refractivity contribution is 7.02. The molecule has 0 saturated carbocycles. The molecule has 11 rings (SSSR count). The lowest BCUT2D eigenvalue weighted by Gasteiger charge is -2.50. The molecule has 2 aromatic heterocycles. The first-order chi connectivity index (χ1) is 27.1. The van der Waals surface area contributed by atoms with Crippen LogP contribution in [0, 0.1) is 48.5 Å². The molecule has 268 valence electrons. The molecule has 56 heavy (non-hydrogen) atoms. The van der Waals surface area contributed by atoms with Crippen LogP contribution in [-0.2, 0) is 0 Å². The maximum atomic E-state index is 7.14. The van der Waals surface area contributed by atoms with E-state index < -0.39 is 0 Å². The highest BCUT2D eigenvalue weighted by atomic mass is 15.3. The average Bonchev–Trinajstić information content (AvgIpc) is 3.16. The van der Waals surface area contributed by atoms with Crippen LogP contribution in [0.15, 0.2) is 110 Å². The topological polar surface area (TPSA) is 58.3 Å². The molecule has 0 atom stereocenters. The number of nitrogen functional groups attached to an aromatic ring is 1. The summed E-state index contributed by atoms with van der Waals surface area (Å²) in [7, 11) is 0. The van der Waals surface area contributed by atoms with Crippen molar-refractivity contribution >= 4 is 108 Å². The summed E-state index contributed by atoms with van der Waals surface area (Å²) < 4.78 is 0. The molecule has 3 aliphatic rings. The van der Waals surface area contributed by atoms with Gasteiger partial charge in [-0.2, -0.15) is 0 Å². The molecule has 5 nitrogen and oxygen atoms in total. The molecule has 0 unspecified atom stereocenters. The second-order valence-electron chi connectivity index (χ2n) is 16.5. The Balaban J connectivity index is 1.36. The Hall–Kier alpha value is -6.33. The van der Waals surface area contributed by atoms with Gasteiger partial charge in [-0.3, -0.25) is 9.97 Å². The van der Waals surface area contributed by atoms with Gasteiger partial charge in [0, 0.05) is 18.1 Å². The van der Waals surface area contributed by atoms with Crippen LogP contribution in [-0.4, -0.2) is 23.4 Å². The summed E-state index contributed by atoms with van der Waals surface area (Å²) in [6.45, 7) is 15.5. The molecule has 6 aromatic carbocycles. The summed E-state index contributed by atoms with van der Waals surface area (Å²) in [5.74, 6) is 0. The van der Waals surface area contributed by atoms with E-state index in [-0.39, 0.29) is 13.4 Å². The molecule has 8 aromatic rings. The second kappa shape index (κ2) is 11.6. The Kier molecular flexibility index (Phi) is 6.84. The summed E-state index contributed by atoms with van der Waals surface area (Å²) >= 11 is 0. The van der Waals surface area contributed by atoms with Gasteiger partial charge in [0.05, 0.1) is 46.5 Å². The fourth-order valence-electron chi connectivity index (χ4n) is 11.0. The SMILES string of the molecule is Cc1cc(C)c(B2c3c(C)cncc3N3c4cc5ccccc5c5c4N(c4cncc(C)c4B5c4c(C)cc(C)cc4N)c4cc5ccccc5c2c43)c(C)c1. The van der Waals surface area contributed by atoms with Gasteiger partial charge in [0.25, 0.3) is 6.71 Å². The van der Waals surface area contributed by atoms with Gasteiger partial charge in [0.1, 0.15) is 0 Å². The first kappa shape index (κ1) is 33.0. The van der Waals surface area contributed by atoms with Crippen LogP contribution in [0.4, 0.5) is 39.8 Å². The van der Waals surface area contributed by atoms with Gasteiger partial charge >= 0.3 is 0 Å². The van der Waals surface area contributed by atoms with E-state index in [2.05, 4.69) is 162 Å². The van der Waals surface area contributed by atoms with Crippen LogP contribution < -0.4 is 48.3 Å². The van der Waals surface area contributed by atoms with Crippen molar-refractivity contribution in [2.75, 3.05) is 15.5 Å². The van der Waals surface area contributed by atoms with E-state index in [1.165, 1.54) is 93.6 Å². The third-order valence-electron chi connectivity index (χ3n) is 12.9. The zero-order valence-electron chi connectivity index (χ0n) is 32.9. The number of rotatable bonds is 2. The smallest absolute Gasteiger partial charge is 0.251 e. The molecule has 0 spiro atoms. The van der Waals surface area contributed by atoms with Crippen molar-refractivity contribution in [3.63, 3.8) is 0 Å². The second-order valence-corrected chi connectivity index (χ2v) is 16.5. The largest absolute Gasteiger partial charge is 0.399 e. The number of fused-ring (bicyclic) bond motifs is 10. The van der Waals surface area contributed by atoms with Crippen LogP contribution >= 0.6 is 0 Å². The number of aromatic nitrogens is 2. The van der Waals surface area contributed by atoms with Crippen LogP contribution in [0.2, 0.25) is 0 Å². The number of hydrogen-bond acceptors (Lipinski definition) is 5. The van der Waals surface area contributed by atoms with Crippen molar-refractivity contribution in [2.45, 2.75) is 48.5 Å². The van der Waals surface area contributed by atoms with Crippen molar-refractivity contribution in [3.05, 3.63) is 149 Å². The molecule has 0 amide bonds. The summed E-state index contributed by atoms with van der Waals surface area (Å²) in [6.07, 6.45) is 8.27. The van der Waals surface area contributed by atoms with E-state index in [1.54, 1.807) is 0 Å². The molecule has 5 heterocycles. The maximum absolute atomic E-state index is 7.14. The first-order valence-electron chi connectivity index (χ1n) is 19.7. The van der Waals surface area contributed by atoms with Gasteiger partial charge in [-0.05, 0) is 132 Å². The predicted octanol–water partition coefficient (Wildman–Crippen LogP) is 7.44. The van der Waals surface area contributed by atoms with Gasteiger partial charge in [0.15, 0.2) is 0 Å². The molecule has 0 aliphatic carbocycles. The van der Waals surface area contributed by atoms with Crippen LogP contribution in [0.1, 0.15) is 38.9 Å². The lowest BCUT2D eigenvalue weighted by molar-refractivity contribution is 1.15. The summed E-state index contributed by atoms with van der Waals surface area (Å²) in [4.78, 5) is 15.0. The molecule has 0 radical (unpaired) electrons. The minimum Gasteiger partial charge on any atom is -0.399 e. The van der Waals surface area contributed by atoms with Crippen LogP contribution in [0.25, 0.3) is 21.5 Å². The van der Waals surface area contributed by atoms with Crippen molar-refractivity contribution in [2.24, 2.45) is 0 Å². The minimum atomic E-state index is -0.114. The normalized spacial score (nSPS) is 13.6. The van der Waals surface area contributed by atoms with Crippen LogP contribution in [0.3, 0.4) is 0 Å². The van der Waals surface area contributed by atoms with Crippen LogP contribution in [0.5, 0.6) is 0 Å². The van der Waals surface area contributed by atoms with E-state index in [9.17, 15) is 0 Å². The number of benzene rings is 6. The lowest BCUT2D eigenvalue weighted by Crippen LogP contribution is -2.62. The van der Waals surface area contributed by atoms with E-state index >= 15 is 0 Å². The monoisotopic (exact) mass is 721 g/mol. The number of nitrogens with zero attached hydrogens (tertiary/aromatic N) is 4. The van der Waals surface area contributed by atoms with Crippen molar-refractivity contribution < 1.29 is 0 Å². The molecule has 0 fully saturated rings. The first-order valence-corrected chi connectivity index (χ1v) is 19.7. The number of anilines is 7. The molecular weight excluding hydrogens is 680 g/mol. The van der Waals surface area contributed by atoms with Gasteiger partial charge in [-0.25, -0.2) is 0 Å². The van der Waals surface area contributed by atoms with Gasteiger partial charge < -0.3 is 15.5 Å². The van der Waals surface area contributed by atoms with E-state index in [1.807, 2.05) is 6.20 Å². The predicted molar refractivity (Wildman–Crippen MR) is 240 cm³/mol. The Morgan fingerprint density at radius 3 is 1.34 bits per heavy atom. The number of nitrogens with two attached hydrogens (primary N) is 1. The molecule has 0 saturated heterocycles. The van der Waals surface area contributed by atoms with Gasteiger partial charge in [-0.1, -0.05) is 94.4 Å². The minimum absolute atomic E-state index is 0.00572. The fraction of sp³-hybridized carbons (Fsp3) is 0.143. The zero-order valence-corrected chi connectivity index (χ0v) is 32.9. The van der Waals surface area contributed by atoms with Crippen molar-refractivity contribution in [1.29, 1.82) is 0 Å². The maximum Gasteiger partial charge on any atom is 0.251 e. The van der Waals surface area contributed by atoms with Crippen molar-refractivity contribution in [1.82, 2.24) is 9.97 Å². The highest BCUT2D eigenvalue weighted by Gasteiger charge is 2.49. The number of hydrogen-bond donors (Lipinski definition) is 1. The Labute approximate surface area is 329 Å². The quantitative estimate of drug-likeness (QED) is 0.149. The number of pyridine rings is 2. The summed E-state index contributed by atoms with van der Waals surface area (Å²) in [5.41, 5.74) is 31.2.